The van der Waals surface area contributed by atoms with Gasteiger partial charge in [0.2, 0.25) is 5.89 Å². The number of aryl methyl sites for hydroxylation is 1. The summed E-state index contributed by atoms with van der Waals surface area (Å²) in [6.07, 6.45) is 2.53. The zero-order valence-electron chi connectivity index (χ0n) is 12.9. The van der Waals surface area contributed by atoms with Crippen molar-refractivity contribution in [3.63, 3.8) is 0 Å². The minimum atomic E-state index is 0.490. The molecule has 1 saturated carbocycles. The fourth-order valence-corrected chi connectivity index (χ4v) is 2.78. The summed E-state index contributed by atoms with van der Waals surface area (Å²) in [5.41, 5.74) is 1.14. The van der Waals surface area contributed by atoms with Gasteiger partial charge in [-0.25, -0.2) is 0 Å². The molecule has 0 unspecified atom stereocenters. The molecule has 0 spiro atoms. The molecule has 2 aliphatic rings. The van der Waals surface area contributed by atoms with Gasteiger partial charge < -0.3 is 9.42 Å². The third-order valence-corrected chi connectivity index (χ3v) is 4.44. The Bertz CT molecular complexity index is 644. The molecule has 0 N–H and O–H groups in total. The second-order valence-corrected chi connectivity index (χ2v) is 6.29. The number of aromatic nitrogens is 4. The van der Waals surface area contributed by atoms with Gasteiger partial charge in [0.1, 0.15) is 0 Å². The molecule has 3 heterocycles. The van der Waals surface area contributed by atoms with Gasteiger partial charge in [-0.05, 0) is 32.0 Å². The van der Waals surface area contributed by atoms with Crippen LogP contribution in [0, 0.1) is 6.92 Å². The average molecular weight is 300 g/mol. The minimum Gasteiger partial charge on any atom is -0.352 e. The quantitative estimate of drug-likeness (QED) is 0.825. The van der Waals surface area contributed by atoms with Gasteiger partial charge in [0, 0.05) is 32.0 Å². The van der Waals surface area contributed by atoms with Crippen molar-refractivity contribution in [3.8, 4) is 0 Å². The van der Waals surface area contributed by atoms with Crippen LogP contribution >= 0.6 is 0 Å². The van der Waals surface area contributed by atoms with E-state index in [2.05, 4.69) is 49.3 Å². The van der Waals surface area contributed by atoms with Crippen molar-refractivity contribution in [1.82, 2.24) is 25.2 Å². The summed E-state index contributed by atoms with van der Waals surface area (Å²) in [6.45, 7) is 4.45. The van der Waals surface area contributed by atoms with E-state index in [1.54, 1.807) is 0 Å². The van der Waals surface area contributed by atoms with E-state index >= 15 is 0 Å². The largest absolute Gasteiger partial charge is 0.352 e. The molecule has 1 aliphatic carbocycles. The van der Waals surface area contributed by atoms with E-state index in [0.717, 1.165) is 30.4 Å². The van der Waals surface area contributed by atoms with Crippen molar-refractivity contribution >= 4 is 5.82 Å². The fraction of sp³-hybridized carbons (Fsp3) is 0.600. The van der Waals surface area contributed by atoms with Crippen molar-refractivity contribution in [2.45, 2.75) is 38.3 Å². The molecule has 2 aromatic heterocycles. The third kappa shape index (κ3) is 2.68. The van der Waals surface area contributed by atoms with Crippen molar-refractivity contribution in [2.75, 3.05) is 25.0 Å². The maximum absolute atomic E-state index is 5.01. The Kier molecular flexibility index (Phi) is 3.29. The van der Waals surface area contributed by atoms with Gasteiger partial charge in [-0.2, -0.15) is 10.1 Å². The number of likely N-dealkylation sites (N-methyl/N-ethyl adjacent to an activating group) is 1. The first-order chi connectivity index (χ1) is 10.7. The van der Waals surface area contributed by atoms with E-state index in [4.69, 9.17) is 4.52 Å². The van der Waals surface area contributed by atoms with E-state index in [-0.39, 0.29) is 0 Å². The number of hydrogen-bond donors (Lipinski definition) is 0. The second kappa shape index (κ2) is 5.31. The highest BCUT2D eigenvalue weighted by Crippen LogP contribution is 2.38. The summed E-state index contributed by atoms with van der Waals surface area (Å²) in [5.74, 6) is 3.00. The van der Waals surface area contributed by atoms with E-state index in [1.807, 2.05) is 6.92 Å². The molecule has 116 valence electrons. The molecule has 1 aliphatic heterocycles. The summed E-state index contributed by atoms with van der Waals surface area (Å²) >= 11 is 0. The van der Waals surface area contributed by atoms with Crippen molar-refractivity contribution in [2.24, 2.45) is 0 Å². The van der Waals surface area contributed by atoms with Crippen molar-refractivity contribution in [3.05, 3.63) is 29.5 Å². The van der Waals surface area contributed by atoms with Crippen LogP contribution in [-0.2, 0) is 6.54 Å². The normalized spacial score (nSPS) is 18.8. The number of rotatable bonds is 5. The van der Waals surface area contributed by atoms with Crippen LogP contribution in [0.5, 0.6) is 0 Å². The topological polar surface area (TPSA) is 71.2 Å². The van der Waals surface area contributed by atoms with Crippen LogP contribution in [0.1, 0.15) is 36.2 Å². The first-order valence-corrected chi connectivity index (χ1v) is 7.77. The van der Waals surface area contributed by atoms with Crippen molar-refractivity contribution < 1.29 is 4.52 Å². The highest BCUT2D eigenvalue weighted by atomic mass is 16.5. The Hall–Kier alpha value is -2.02. The first kappa shape index (κ1) is 13.6. The van der Waals surface area contributed by atoms with Crippen LogP contribution in [0.25, 0.3) is 0 Å². The molecular weight excluding hydrogens is 280 g/mol. The molecule has 0 atom stereocenters. The third-order valence-electron chi connectivity index (χ3n) is 4.44. The SMILES string of the molecule is Cc1nc(CN(C)C2CN(c3ccc(C4CC4)nn3)C2)no1. The number of hydrogen-bond acceptors (Lipinski definition) is 7. The lowest BCUT2D eigenvalue weighted by Crippen LogP contribution is -2.58. The lowest BCUT2D eigenvalue weighted by molar-refractivity contribution is 0.190. The van der Waals surface area contributed by atoms with Gasteiger partial charge in [0.25, 0.3) is 0 Å². The van der Waals surface area contributed by atoms with Crippen LogP contribution in [-0.4, -0.2) is 51.4 Å². The van der Waals surface area contributed by atoms with Gasteiger partial charge in [-0.15, -0.1) is 5.10 Å². The molecule has 1 saturated heterocycles. The Labute approximate surface area is 129 Å². The highest BCUT2D eigenvalue weighted by molar-refractivity contribution is 5.42. The molecule has 0 bridgehead atoms. The van der Waals surface area contributed by atoms with E-state index in [0.29, 0.717) is 24.4 Å². The Balaban J connectivity index is 1.31. The van der Waals surface area contributed by atoms with Crippen LogP contribution in [0.3, 0.4) is 0 Å². The fourth-order valence-electron chi connectivity index (χ4n) is 2.78. The molecule has 0 aromatic carbocycles. The summed E-state index contributed by atoms with van der Waals surface area (Å²) in [7, 11) is 2.09. The maximum Gasteiger partial charge on any atom is 0.223 e. The van der Waals surface area contributed by atoms with Crippen LogP contribution < -0.4 is 4.90 Å². The van der Waals surface area contributed by atoms with Gasteiger partial charge in [0.05, 0.1) is 12.2 Å². The lowest BCUT2D eigenvalue weighted by atomic mass is 10.1. The van der Waals surface area contributed by atoms with Gasteiger partial charge in [-0.1, -0.05) is 5.16 Å². The Morgan fingerprint density at radius 2 is 2.09 bits per heavy atom. The Morgan fingerprint density at radius 3 is 2.68 bits per heavy atom. The maximum atomic E-state index is 5.01. The second-order valence-electron chi connectivity index (χ2n) is 6.29. The zero-order valence-corrected chi connectivity index (χ0v) is 12.9. The van der Waals surface area contributed by atoms with Crippen molar-refractivity contribution in [1.29, 1.82) is 0 Å². The Morgan fingerprint density at radius 1 is 1.27 bits per heavy atom. The summed E-state index contributed by atoms with van der Waals surface area (Å²) in [6, 6.07) is 4.71. The molecule has 0 amide bonds. The molecule has 0 radical (unpaired) electrons. The van der Waals surface area contributed by atoms with Crippen LogP contribution in [0.2, 0.25) is 0 Å². The van der Waals surface area contributed by atoms with Crippen LogP contribution in [0.4, 0.5) is 5.82 Å². The highest BCUT2D eigenvalue weighted by Gasteiger charge is 2.32. The predicted octanol–water partition coefficient (Wildman–Crippen LogP) is 1.37. The molecule has 7 nitrogen and oxygen atoms in total. The standard InChI is InChI=1S/C15H20N6O/c1-10-16-14(19-22-10)9-20(2)12-7-21(8-12)15-6-5-13(17-18-15)11-3-4-11/h5-6,11-12H,3-4,7-9H2,1-2H3. The van der Waals surface area contributed by atoms with Crippen LogP contribution in [0.15, 0.2) is 16.7 Å². The molecule has 2 fully saturated rings. The smallest absolute Gasteiger partial charge is 0.223 e. The van der Waals surface area contributed by atoms with Gasteiger partial charge in [-0.3, -0.25) is 4.90 Å². The van der Waals surface area contributed by atoms with E-state index in [1.165, 1.54) is 12.8 Å². The zero-order chi connectivity index (χ0) is 15.1. The number of anilines is 1. The first-order valence-electron chi connectivity index (χ1n) is 7.77. The average Bonchev–Trinajstić information content (AvgIpc) is 3.22. The number of nitrogens with zero attached hydrogens (tertiary/aromatic N) is 6. The summed E-state index contributed by atoms with van der Waals surface area (Å²) in [4.78, 5) is 8.76. The van der Waals surface area contributed by atoms with Gasteiger partial charge >= 0.3 is 0 Å². The van der Waals surface area contributed by atoms with Gasteiger partial charge in [0.15, 0.2) is 11.6 Å². The lowest BCUT2D eigenvalue weighted by Gasteiger charge is -2.44. The summed E-state index contributed by atoms with van der Waals surface area (Å²) in [5, 5.41) is 12.6. The van der Waals surface area contributed by atoms with E-state index < -0.39 is 0 Å². The van der Waals surface area contributed by atoms with E-state index in [9.17, 15) is 0 Å². The molecule has 2 aromatic rings. The molecule has 7 heteroatoms. The molecule has 22 heavy (non-hydrogen) atoms. The summed E-state index contributed by atoms with van der Waals surface area (Å²) < 4.78 is 5.01. The predicted molar refractivity (Wildman–Crippen MR) is 80.5 cm³/mol. The monoisotopic (exact) mass is 300 g/mol. The molecular formula is C15H20N6O. The molecule has 4 rings (SSSR count). The minimum absolute atomic E-state index is 0.490.